The number of rotatable bonds is 10. The van der Waals surface area contributed by atoms with Gasteiger partial charge in [0, 0.05) is 0 Å². The predicted molar refractivity (Wildman–Crippen MR) is 259 cm³/mol. The zero-order valence-corrected chi connectivity index (χ0v) is 37.1. The van der Waals surface area contributed by atoms with Gasteiger partial charge in [-0.25, -0.2) is 0 Å². The van der Waals surface area contributed by atoms with E-state index < -0.39 is 0 Å². The van der Waals surface area contributed by atoms with Crippen molar-refractivity contribution in [1.29, 1.82) is 0 Å². The van der Waals surface area contributed by atoms with Gasteiger partial charge >= 0.3 is 0 Å². The summed E-state index contributed by atoms with van der Waals surface area (Å²) in [4.78, 5) is 0. The van der Waals surface area contributed by atoms with Crippen molar-refractivity contribution in [2.24, 2.45) is 5.41 Å². The van der Waals surface area contributed by atoms with Crippen molar-refractivity contribution in [3.63, 3.8) is 0 Å². The van der Waals surface area contributed by atoms with E-state index in [1.54, 1.807) is 0 Å². The number of hydrogen-bond acceptors (Lipinski definition) is 0. The Morgan fingerprint density at radius 1 is 0.754 bits per heavy atom. The topological polar surface area (TPSA) is 0 Å². The second kappa shape index (κ2) is 21.5. The van der Waals surface area contributed by atoms with E-state index in [0.717, 1.165) is 31.3 Å². The van der Waals surface area contributed by atoms with E-state index in [-0.39, 0.29) is 0 Å². The zero-order valence-electron chi connectivity index (χ0n) is 37.1. The summed E-state index contributed by atoms with van der Waals surface area (Å²) in [5.74, 6) is 0. The molecule has 0 bridgehead atoms. The van der Waals surface area contributed by atoms with Gasteiger partial charge in [0.05, 0.1) is 0 Å². The van der Waals surface area contributed by atoms with Crippen LogP contribution in [0.15, 0.2) is 145 Å². The highest BCUT2D eigenvalue weighted by Crippen LogP contribution is 2.58. The van der Waals surface area contributed by atoms with E-state index in [4.69, 9.17) is 0 Å². The van der Waals surface area contributed by atoms with Gasteiger partial charge < -0.3 is 0 Å². The van der Waals surface area contributed by atoms with Crippen LogP contribution in [-0.4, -0.2) is 0 Å². The van der Waals surface area contributed by atoms with Crippen molar-refractivity contribution in [2.45, 2.75) is 121 Å². The third-order valence-electron chi connectivity index (χ3n) is 11.3. The van der Waals surface area contributed by atoms with Gasteiger partial charge in [-0.05, 0) is 151 Å². The van der Waals surface area contributed by atoms with Crippen molar-refractivity contribution < 1.29 is 0 Å². The Morgan fingerprint density at radius 2 is 1.40 bits per heavy atom. The molecule has 1 unspecified atom stereocenters. The zero-order chi connectivity index (χ0) is 41.5. The number of fused-ring (bicyclic) bond motifs is 7. The Labute approximate surface area is 347 Å². The first-order valence-corrected chi connectivity index (χ1v) is 21.5. The molecule has 0 aliphatic heterocycles. The van der Waals surface area contributed by atoms with E-state index in [0.29, 0.717) is 5.41 Å². The average molecular weight is 755 g/mol. The smallest absolute Gasteiger partial charge is 0.000705 e. The molecule has 0 nitrogen and oxygen atoms in total. The van der Waals surface area contributed by atoms with Gasteiger partial charge in [0.25, 0.3) is 0 Å². The lowest BCUT2D eigenvalue weighted by Crippen LogP contribution is -2.10. The van der Waals surface area contributed by atoms with Gasteiger partial charge in [0.2, 0.25) is 0 Å². The predicted octanol–water partition coefficient (Wildman–Crippen LogP) is 18.1. The summed E-state index contributed by atoms with van der Waals surface area (Å²) >= 11 is 0. The van der Waals surface area contributed by atoms with Crippen molar-refractivity contribution in [3.8, 4) is 33.4 Å². The fraction of sp³-hybridized carbons (Fsp3) is 0.333. The maximum Gasteiger partial charge on any atom is -0.000705 e. The monoisotopic (exact) mass is 755 g/mol. The third kappa shape index (κ3) is 10.7. The van der Waals surface area contributed by atoms with E-state index in [1.807, 2.05) is 13.0 Å². The van der Waals surface area contributed by atoms with Crippen LogP contribution in [0.5, 0.6) is 0 Å². The van der Waals surface area contributed by atoms with Crippen molar-refractivity contribution in [3.05, 3.63) is 167 Å². The normalized spacial score (nSPS) is 14.0. The highest BCUT2D eigenvalue weighted by molar-refractivity contribution is 6.21. The molecule has 3 aliphatic carbocycles. The quantitative estimate of drug-likeness (QED) is 0.0965. The second-order valence-corrected chi connectivity index (χ2v) is 16.4. The molecule has 0 heterocycles. The number of benzene rings is 4. The lowest BCUT2D eigenvalue weighted by molar-refractivity contribution is 0.392. The lowest BCUT2D eigenvalue weighted by atomic mass is 9.80. The SMILES string of the molecule is C/C=C\C(C)=C(C)C.C=C(C)/C=C/c1c2c(c3c(c1C1=CC=CCC1)-c1cccc4cccc-3c14)-c1ccccc1C2.C=CCC(C)(/C=C\C)CCC.CCCC. The molecule has 3 aliphatic rings. The summed E-state index contributed by atoms with van der Waals surface area (Å²) in [7, 11) is 0. The average Bonchev–Trinajstić information content (AvgIpc) is 3.75. The van der Waals surface area contributed by atoms with Crippen LogP contribution in [0.2, 0.25) is 0 Å². The number of unbranched alkanes of at least 4 members (excludes halogenated alkanes) is 1. The minimum absolute atomic E-state index is 0.352. The molecule has 298 valence electrons. The second-order valence-electron chi connectivity index (χ2n) is 16.4. The van der Waals surface area contributed by atoms with Crippen molar-refractivity contribution in [1.82, 2.24) is 0 Å². The summed E-state index contributed by atoms with van der Waals surface area (Å²) < 4.78 is 0. The Morgan fingerprint density at radius 3 is 1.93 bits per heavy atom. The molecule has 4 aromatic rings. The molecule has 0 heteroatoms. The Balaban J connectivity index is 0.000000259. The van der Waals surface area contributed by atoms with Crippen LogP contribution >= 0.6 is 0 Å². The minimum atomic E-state index is 0.352. The molecule has 0 N–H and O–H groups in total. The lowest BCUT2D eigenvalue weighted by Gasteiger charge is -2.23. The molecule has 0 saturated heterocycles. The molecule has 57 heavy (non-hydrogen) atoms. The van der Waals surface area contributed by atoms with E-state index in [2.05, 4.69) is 191 Å². The van der Waals surface area contributed by atoms with Crippen LogP contribution in [-0.2, 0) is 6.42 Å². The first-order valence-electron chi connectivity index (χ1n) is 21.5. The van der Waals surface area contributed by atoms with Crippen LogP contribution < -0.4 is 0 Å². The van der Waals surface area contributed by atoms with E-state index in [1.165, 1.54) is 109 Å². The molecular formula is C57H70. The van der Waals surface area contributed by atoms with Gasteiger partial charge in [0.1, 0.15) is 0 Å². The van der Waals surface area contributed by atoms with E-state index >= 15 is 0 Å². The maximum atomic E-state index is 4.17. The first-order chi connectivity index (χ1) is 27.5. The summed E-state index contributed by atoms with van der Waals surface area (Å²) in [6.45, 7) is 29.4. The van der Waals surface area contributed by atoms with E-state index in [9.17, 15) is 0 Å². The Hall–Kier alpha value is -4.94. The Kier molecular flexibility index (Phi) is 16.9. The number of hydrogen-bond donors (Lipinski definition) is 0. The van der Waals surface area contributed by atoms with Crippen molar-refractivity contribution >= 4 is 22.4 Å². The highest BCUT2D eigenvalue weighted by atomic mass is 14.4. The fourth-order valence-corrected chi connectivity index (χ4v) is 8.23. The maximum absolute atomic E-state index is 4.17. The van der Waals surface area contributed by atoms with Gasteiger partial charge in [-0.15, -0.1) is 6.58 Å². The standard InChI is InChI=1S/C34H26.C11H20.C8H14.C4H10/c1-21(2)18-19-26-29-20-24-12-6-7-15-25(24)32(29)34-28-17-9-14-22-13-8-16-27(30(22)28)33(34)31(26)23-10-4-3-5-11-23;1-5-8-11(4,9-6-2)10-7-3;1-5-6-8(4)7(2)3;1-3-4-2/h3-4,6-10,12-19H,1,5,11,20H2,2H3;5-6,9H,1,7-8,10H2,2-4H3;5-6H,1-4H3;3-4H2,1-2H3/b19-18+;9-6-;6-5-;. The van der Waals surface area contributed by atoms with Crippen LogP contribution in [0.3, 0.4) is 0 Å². The van der Waals surface area contributed by atoms with Crippen LogP contribution in [0.1, 0.15) is 136 Å². The molecule has 4 aromatic carbocycles. The molecule has 0 aromatic heterocycles. The largest absolute Gasteiger partial charge is 0.103 e. The van der Waals surface area contributed by atoms with Gasteiger partial charge in [-0.1, -0.05) is 192 Å². The fourth-order valence-electron chi connectivity index (χ4n) is 8.23. The summed E-state index contributed by atoms with van der Waals surface area (Å²) in [5, 5.41) is 2.73. The molecule has 0 saturated carbocycles. The molecule has 0 spiro atoms. The molecule has 1 atom stereocenters. The summed E-state index contributed by atoms with van der Waals surface area (Å²) in [6, 6.07) is 22.6. The van der Waals surface area contributed by atoms with Crippen molar-refractivity contribution in [2.75, 3.05) is 0 Å². The molecular weight excluding hydrogens is 685 g/mol. The Bertz CT molecular complexity index is 2210. The molecule has 0 amide bonds. The third-order valence-corrected chi connectivity index (χ3v) is 11.3. The highest BCUT2D eigenvalue weighted by Gasteiger charge is 2.35. The van der Waals surface area contributed by atoms with Gasteiger partial charge in [-0.3, -0.25) is 0 Å². The molecule has 7 rings (SSSR count). The van der Waals surface area contributed by atoms with Crippen LogP contribution in [0.4, 0.5) is 0 Å². The van der Waals surface area contributed by atoms with Gasteiger partial charge in [0.15, 0.2) is 0 Å². The summed E-state index contributed by atoms with van der Waals surface area (Å²) in [5.41, 5.74) is 19.8. The number of allylic oxidation sites excluding steroid dienone is 13. The molecule has 0 radical (unpaired) electrons. The summed E-state index contributed by atoms with van der Waals surface area (Å²) in [6.07, 6.45) is 31.4. The van der Waals surface area contributed by atoms with Gasteiger partial charge in [-0.2, -0.15) is 0 Å². The van der Waals surface area contributed by atoms with Crippen LogP contribution in [0, 0.1) is 5.41 Å². The van der Waals surface area contributed by atoms with Crippen LogP contribution in [0.25, 0.3) is 55.8 Å². The minimum Gasteiger partial charge on any atom is -0.103 e. The first kappa shape index (κ1) is 44.8. The molecule has 0 fully saturated rings.